The number of halogens is 1. The zero-order valence-corrected chi connectivity index (χ0v) is 18.2. The molecule has 0 unspecified atom stereocenters. The van der Waals surface area contributed by atoms with E-state index in [0.29, 0.717) is 22.8 Å². The molecule has 1 amide bonds. The summed E-state index contributed by atoms with van der Waals surface area (Å²) < 4.78 is 28.9. The Morgan fingerprint density at radius 3 is 2.63 bits per heavy atom. The van der Waals surface area contributed by atoms with Crippen molar-refractivity contribution in [1.82, 2.24) is 15.5 Å². The number of guanidine groups is 1. The molecule has 11 heteroatoms. The number of anilines is 1. The minimum absolute atomic E-state index is 0.0270. The lowest BCUT2D eigenvalue weighted by atomic mass is 10.2. The summed E-state index contributed by atoms with van der Waals surface area (Å²) in [5, 5.41) is 8.68. The Bertz CT molecular complexity index is 1130. The second-order valence-electron chi connectivity index (χ2n) is 6.26. The molecule has 0 saturated carbocycles. The van der Waals surface area contributed by atoms with E-state index in [9.17, 15) is 13.2 Å². The monoisotopic (exact) mass is 463 g/mol. The summed E-state index contributed by atoms with van der Waals surface area (Å²) in [6.07, 6.45) is 3.49. The Kier molecular flexibility index (Phi) is 6.70. The fourth-order valence-electron chi connectivity index (χ4n) is 2.48. The molecule has 0 aliphatic carbocycles. The van der Waals surface area contributed by atoms with Crippen molar-refractivity contribution in [3.63, 3.8) is 0 Å². The SMILES string of the molecule is CN1CC=CNC1=NS(=O)(=O)c1ccc(NC(=S)NC(=O)c2cccc(Cl)c2)cc1. The average molecular weight is 464 g/mol. The number of carbonyl (C=O) groups is 1. The van der Waals surface area contributed by atoms with Crippen LogP contribution in [0.2, 0.25) is 5.02 Å². The van der Waals surface area contributed by atoms with Gasteiger partial charge in [0, 0.05) is 36.1 Å². The summed E-state index contributed by atoms with van der Waals surface area (Å²) in [5.41, 5.74) is 0.872. The third-order valence-corrected chi connectivity index (χ3v) is 5.72. The van der Waals surface area contributed by atoms with Gasteiger partial charge in [0.2, 0.25) is 5.96 Å². The van der Waals surface area contributed by atoms with Crippen LogP contribution >= 0.6 is 23.8 Å². The van der Waals surface area contributed by atoms with Gasteiger partial charge < -0.3 is 15.5 Å². The minimum atomic E-state index is -3.89. The lowest BCUT2D eigenvalue weighted by molar-refractivity contribution is 0.0977. The molecule has 2 aromatic carbocycles. The molecule has 3 rings (SSSR count). The number of rotatable bonds is 4. The third-order valence-electron chi connectivity index (χ3n) is 4.00. The van der Waals surface area contributed by atoms with Crippen molar-refractivity contribution in [2.75, 3.05) is 18.9 Å². The first-order valence-corrected chi connectivity index (χ1v) is 10.9. The first-order chi connectivity index (χ1) is 14.2. The molecule has 0 fully saturated rings. The molecule has 1 heterocycles. The first-order valence-electron chi connectivity index (χ1n) is 8.70. The standard InChI is InChI=1S/C19H18ClN5O3S2/c1-25-11-3-10-21-18(25)24-30(27,28)16-8-6-15(7-9-16)22-19(29)23-17(26)13-4-2-5-14(20)12-13/h2-10,12H,11H2,1H3,(H,21,24)(H2,22,23,26,29). The van der Waals surface area contributed by atoms with Gasteiger partial charge in [0.25, 0.3) is 15.9 Å². The maximum Gasteiger partial charge on any atom is 0.285 e. The topological polar surface area (TPSA) is 103 Å². The summed E-state index contributed by atoms with van der Waals surface area (Å²) >= 11 is 11.0. The summed E-state index contributed by atoms with van der Waals surface area (Å²) in [5.74, 6) is -0.173. The lowest BCUT2D eigenvalue weighted by Gasteiger charge is -2.22. The highest BCUT2D eigenvalue weighted by molar-refractivity contribution is 7.90. The molecule has 0 saturated heterocycles. The van der Waals surface area contributed by atoms with Gasteiger partial charge in [-0.15, -0.1) is 4.40 Å². The van der Waals surface area contributed by atoms with Crippen LogP contribution in [0, 0.1) is 0 Å². The average Bonchev–Trinajstić information content (AvgIpc) is 2.70. The van der Waals surface area contributed by atoms with E-state index in [1.54, 1.807) is 36.3 Å². The van der Waals surface area contributed by atoms with Crippen LogP contribution in [0.1, 0.15) is 10.4 Å². The zero-order chi connectivity index (χ0) is 21.7. The number of benzene rings is 2. The van der Waals surface area contributed by atoms with Crippen LogP contribution in [0.4, 0.5) is 5.69 Å². The highest BCUT2D eigenvalue weighted by atomic mass is 35.5. The van der Waals surface area contributed by atoms with Gasteiger partial charge in [-0.2, -0.15) is 8.42 Å². The van der Waals surface area contributed by atoms with Crippen LogP contribution in [0.15, 0.2) is 70.1 Å². The van der Waals surface area contributed by atoms with Crippen LogP contribution < -0.4 is 16.0 Å². The Labute approximate surface area is 184 Å². The maximum absolute atomic E-state index is 12.5. The molecule has 156 valence electrons. The molecule has 0 spiro atoms. The molecule has 0 aromatic heterocycles. The molecule has 1 aliphatic heterocycles. The Morgan fingerprint density at radius 2 is 1.97 bits per heavy atom. The molecule has 1 aliphatic rings. The van der Waals surface area contributed by atoms with Gasteiger partial charge in [0.15, 0.2) is 5.11 Å². The van der Waals surface area contributed by atoms with E-state index in [-0.39, 0.29) is 16.0 Å². The third kappa shape index (κ3) is 5.56. The minimum Gasteiger partial charge on any atom is -0.341 e. The van der Waals surface area contributed by atoms with Gasteiger partial charge in [-0.05, 0) is 60.8 Å². The number of amides is 1. The molecular formula is C19H18ClN5O3S2. The molecule has 30 heavy (non-hydrogen) atoms. The largest absolute Gasteiger partial charge is 0.341 e. The predicted molar refractivity (Wildman–Crippen MR) is 121 cm³/mol. The summed E-state index contributed by atoms with van der Waals surface area (Å²) in [6.45, 7) is 0.558. The highest BCUT2D eigenvalue weighted by Crippen LogP contribution is 2.17. The van der Waals surface area contributed by atoms with Gasteiger partial charge in [-0.3, -0.25) is 10.1 Å². The van der Waals surface area contributed by atoms with Crippen molar-refractivity contribution >= 4 is 56.5 Å². The van der Waals surface area contributed by atoms with Gasteiger partial charge >= 0.3 is 0 Å². The van der Waals surface area contributed by atoms with Crippen molar-refractivity contribution in [2.24, 2.45) is 4.40 Å². The number of likely N-dealkylation sites (N-methyl/N-ethyl adjacent to an activating group) is 1. The van der Waals surface area contributed by atoms with Crippen LogP contribution in [0.25, 0.3) is 0 Å². The van der Waals surface area contributed by atoms with E-state index in [1.165, 1.54) is 30.3 Å². The predicted octanol–water partition coefficient (Wildman–Crippen LogP) is 2.56. The zero-order valence-electron chi connectivity index (χ0n) is 15.8. The number of nitrogens with zero attached hydrogens (tertiary/aromatic N) is 2. The molecule has 8 nitrogen and oxygen atoms in total. The molecule has 0 bridgehead atoms. The fourth-order valence-corrected chi connectivity index (χ4v) is 3.89. The van der Waals surface area contributed by atoms with Gasteiger partial charge in [0.1, 0.15) is 0 Å². The molecule has 0 atom stereocenters. The lowest BCUT2D eigenvalue weighted by Crippen LogP contribution is -2.40. The Balaban J connectivity index is 1.65. The van der Waals surface area contributed by atoms with E-state index in [4.69, 9.17) is 23.8 Å². The van der Waals surface area contributed by atoms with Crippen LogP contribution in [-0.2, 0) is 10.0 Å². The van der Waals surface area contributed by atoms with Crippen molar-refractivity contribution in [3.05, 3.63) is 71.4 Å². The summed E-state index contributed by atoms with van der Waals surface area (Å²) in [6, 6.07) is 12.3. The van der Waals surface area contributed by atoms with E-state index in [0.717, 1.165) is 0 Å². The summed E-state index contributed by atoms with van der Waals surface area (Å²) in [7, 11) is -2.16. The maximum atomic E-state index is 12.5. The Hall–Kier alpha value is -2.95. The van der Waals surface area contributed by atoms with Gasteiger partial charge in [-0.25, -0.2) is 0 Å². The van der Waals surface area contributed by atoms with Gasteiger partial charge in [-0.1, -0.05) is 17.7 Å². The number of thiocarbonyl (C=S) groups is 1. The van der Waals surface area contributed by atoms with Crippen molar-refractivity contribution in [1.29, 1.82) is 0 Å². The molecule has 0 radical (unpaired) electrons. The summed E-state index contributed by atoms with van der Waals surface area (Å²) in [4.78, 5) is 13.9. The number of nitrogens with one attached hydrogen (secondary N) is 3. The first kappa shape index (κ1) is 21.8. The number of sulfonamides is 1. The van der Waals surface area contributed by atoms with Crippen molar-refractivity contribution < 1.29 is 13.2 Å². The van der Waals surface area contributed by atoms with Gasteiger partial charge in [0.05, 0.1) is 4.90 Å². The van der Waals surface area contributed by atoms with E-state index < -0.39 is 15.9 Å². The smallest absolute Gasteiger partial charge is 0.285 e. The fraction of sp³-hybridized carbons (Fsp3) is 0.105. The van der Waals surface area contributed by atoms with E-state index in [2.05, 4.69) is 20.3 Å². The van der Waals surface area contributed by atoms with Crippen LogP contribution in [-0.4, -0.2) is 43.9 Å². The molecular weight excluding hydrogens is 446 g/mol. The molecule has 2 aromatic rings. The quantitative estimate of drug-likeness (QED) is 0.599. The second kappa shape index (κ2) is 9.24. The van der Waals surface area contributed by atoms with E-state index >= 15 is 0 Å². The van der Waals surface area contributed by atoms with Crippen LogP contribution in [0.5, 0.6) is 0 Å². The normalized spacial score (nSPS) is 14.9. The number of carbonyl (C=O) groups excluding carboxylic acids is 1. The van der Waals surface area contributed by atoms with E-state index in [1.807, 2.05) is 6.08 Å². The highest BCUT2D eigenvalue weighted by Gasteiger charge is 2.17. The van der Waals surface area contributed by atoms with Crippen molar-refractivity contribution in [2.45, 2.75) is 4.90 Å². The number of hydrogen-bond acceptors (Lipinski definition) is 4. The van der Waals surface area contributed by atoms with Crippen LogP contribution in [0.3, 0.4) is 0 Å². The van der Waals surface area contributed by atoms with Crippen molar-refractivity contribution in [3.8, 4) is 0 Å². The molecule has 3 N–H and O–H groups in total. The number of hydrogen-bond donors (Lipinski definition) is 3. The Morgan fingerprint density at radius 1 is 1.23 bits per heavy atom. The second-order valence-corrected chi connectivity index (χ2v) is 8.71.